The van der Waals surface area contributed by atoms with E-state index >= 15 is 0 Å². The Balaban J connectivity index is 1.60. The first kappa shape index (κ1) is 21.6. The summed E-state index contributed by atoms with van der Waals surface area (Å²) in [5.74, 6) is 1.65. The normalized spacial score (nSPS) is 20.1. The SMILES string of the molecule is COc1ccc([C@H]2CC(c3ccc(C)cc3C)=NN2C(=O)CN2CCC(C)CC2)cc1. The molecule has 2 aliphatic heterocycles. The summed E-state index contributed by atoms with van der Waals surface area (Å²) in [6.45, 7) is 8.92. The minimum Gasteiger partial charge on any atom is -0.497 e. The van der Waals surface area contributed by atoms with E-state index in [9.17, 15) is 4.79 Å². The van der Waals surface area contributed by atoms with Crippen molar-refractivity contribution >= 4 is 11.6 Å². The number of hydrazone groups is 1. The van der Waals surface area contributed by atoms with E-state index in [1.54, 1.807) is 12.1 Å². The van der Waals surface area contributed by atoms with Crippen molar-refractivity contribution in [1.82, 2.24) is 9.91 Å². The quantitative estimate of drug-likeness (QED) is 0.704. The highest BCUT2D eigenvalue weighted by molar-refractivity contribution is 6.04. The van der Waals surface area contributed by atoms with Crippen LogP contribution >= 0.6 is 0 Å². The van der Waals surface area contributed by atoms with Crippen LogP contribution in [0.4, 0.5) is 0 Å². The maximum atomic E-state index is 13.4. The average molecular weight is 420 g/mol. The van der Waals surface area contributed by atoms with Gasteiger partial charge >= 0.3 is 0 Å². The number of piperidine rings is 1. The topological polar surface area (TPSA) is 45.1 Å². The van der Waals surface area contributed by atoms with Crippen LogP contribution in [0.15, 0.2) is 47.6 Å². The van der Waals surface area contributed by atoms with Gasteiger partial charge in [-0.25, -0.2) is 5.01 Å². The summed E-state index contributed by atoms with van der Waals surface area (Å²) in [6, 6.07) is 14.4. The molecule has 0 N–H and O–H groups in total. The number of hydrogen-bond acceptors (Lipinski definition) is 4. The van der Waals surface area contributed by atoms with Crippen LogP contribution in [-0.4, -0.2) is 48.3 Å². The lowest BCUT2D eigenvalue weighted by atomic mass is 9.95. The van der Waals surface area contributed by atoms with E-state index < -0.39 is 0 Å². The van der Waals surface area contributed by atoms with E-state index in [4.69, 9.17) is 9.84 Å². The fourth-order valence-corrected chi connectivity index (χ4v) is 4.61. The molecule has 1 amide bonds. The molecule has 0 radical (unpaired) electrons. The predicted octanol–water partition coefficient (Wildman–Crippen LogP) is 4.72. The molecule has 2 heterocycles. The highest BCUT2D eigenvalue weighted by atomic mass is 16.5. The van der Waals surface area contributed by atoms with Crippen molar-refractivity contribution in [3.05, 3.63) is 64.7 Å². The third-order valence-corrected chi connectivity index (χ3v) is 6.59. The number of amides is 1. The summed E-state index contributed by atoms with van der Waals surface area (Å²) in [5.41, 5.74) is 5.64. The third-order valence-electron chi connectivity index (χ3n) is 6.59. The fourth-order valence-electron chi connectivity index (χ4n) is 4.61. The maximum Gasteiger partial charge on any atom is 0.257 e. The van der Waals surface area contributed by atoms with Crippen LogP contribution in [0.3, 0.4) is 0 Å². The molecular weight excluding hydrogens is 386 g/mol. The van der Waals surface area contributed by atoms with Gasteiger partial charge in [-0.2, -0.15) is 5.10 Å². The molecule has 0 aliphatic carbocycles. The van der Waals surface area contributed by atoms with Crippen molar-refractivity contribution in [2.45, 2.75) is 46.1 Å². The van der Waals surface area contributed by atoms with Gasteiger partial charge in [0.2, 0.25) is 0 Å². The second kappa shape index (κ2) is 9.23. The van der Waals surface area contributed by atoms with Gasteiger partial charge in [0.1, 0.15) is 5.75 Å². The van der Waals surface area contributed by atoms with Crippen LogP contribution in [0.2, 0.25) is 0 Å². The molecule has 1 saturated heterocycles. The largest absolute Gasteiger partial charge is 0.497 e. The molecule has 0 spiro atoms. The molecule has 31 heavy (non-hydrogen) atoms. The van der Waals surface area contributed by atoms with Crippen molar-refractivity contribution < 1.29 is 9.53 Å². The standard InChI is InChI=1S/C26H33N3O2/c1-18-11-13-28(14-12-18)17-26(30)29-25(21-6-8-22(31-4)9-7-21)16-24(27-29)23-10-5-19(2)15-20(23)3/h5-10,15,18,25H,11-14,16-17H2,1-4H3/t25-/m1/s1. The monoisotopic (exact) mass is 419 g/mol. The first-order valence-corrected chi connectivity index (χ1v) is 11.3. The Hall–Kier alpha value is -2.66. The Labute approximate surface area is 185 Å². The highest BCUT2D eigenvalue weighted by Crippen LogP contribution is 2.34. The van der Waals surface area contributed by atoms with Gasteiger partial charge in [0.15, 0.2) is 0 Å². The number of methoxy groups -OCH3 is 1. The molecule has 2 aromatic rings. The van der Waals surface area contributed by atoms with Gasteiger partial charge < -0.3 is 4.74 Å². The average Bonchev–Trinajstić information content (AvgIpc) is 3.20. The third kappa shape index (κ3) is 4.82. The molecule has 0 bridgehead atoms. The molecule has 1 atom stereocenters. The van der Waals surface area contributed by atoms with Crippen LogP contribution in [0, 0.1) is 19.8 Å². The number of carbonyl (C=O) groups is 1. The van der Waals surface area contributed by atoms with Crippen molar-refractivity contribution in [3.63, 3.8) is 0 Å². The van der Waals surface area contributed by atoms with Gasteiger partial charge in [-0.15, -0.1) is 0 Å². The highest BCUT2D eigenvalue weighted by Gasteiger charge is 2.34. The van der Waals surface area contributed by atoms with E-state index in [1.165, 1.54) is 11.1 Å². The van der Waals surface area contributed by atoms with Gasteiger partial charge in [0, 0.05) is 12.0 Å². The lowest BCUT2D eigenvalue weighted by Gasteiger charge is -2.31. The van der Waals surface area contributed by atoms with Crippen molar-refractivity contribution in [2.75, 3.05) is 26.7 Å². The van der Waals surface area contributed by atoms with Crippen molar-refractivity contribution in [3.8, 4) is 5.75 Å². The minimum absolute atomic E-state index is 0.0788. The summed E-state index contributed by atoms with van der Waals surface area (Å²) < 4.78 is 5.32. The summed E-state index contributed by atoms with van der Waals surface area (Å²) >= 11 is 0. The number of nitrogens with zero attached hydrogens (tertiary/aromatic N) is 3. The second-order valence-electron chi connectivity index (χ2n) is 9.06. The van der Waals surface area contributed by atoms with Crippen LogP contribution in [0.5, 0.6) is 5.75 Å². The van der Waals surface area contributed by atoms with Crippen LogP contribution in [-0.2, 0) is 4.79 Å². The lowest BCUT2D eigenvalue weighted by molar-refractivity contribution is -0.134. The molecule has 1 fully saturated rings. The molecule has 5 nitrogen and oxygen atoms in total. The van der Waals surface area contributed by atoms with Gasteiger partial charge in [0.05, 0.1) is 25.4 Å². The molecule has 4 rings (SSSR count). The Morgan fingerprint density at radius 1 is 1.10 bits per heavy atom. The molecule has 0 aromatic heterocycles. The Bertz CT molecular complexity index is 959. The van der Waals surface area contributed by atoms with Gasteiger partial charge in [0.25, 0.3) is 5.91 Å². The molecule has 164 valence electrons. The van der Waals surface area contributed by atoms with Crippen LogP contribution in [0.25, 0.3) is 0 Å². The molecule has 0 unspecified atom stereocenters. The number of ether oxygens (including phenoxy) is 1. The first-order valence-electron chi connectivity index (χ1n) is 11.3. The molecule has 5 heteroatoms. The molecule has 2 aliphatic rings. The number of rotatable bonds is 5. The Morgan fingerprint density at radius 3 is 2.45 bits per heavy atom. The Kier molecular flexibility index (Phi) is 6.42. The lowest BCUT2D eigenvalue weighted by Crippen LogP contribution is -2.41. The molecule has 2 aromatic carbocycles. The minimum atomic E-state index is -0.0853. The zero-order valence-electron chi connectivity index (χ0n) is 19.1. The number of carbonyl (C=O) groups excluding carboxylic acids is 1. The van der Waals surface area contributed by atoms with Crippen LogP contribution < -0.4 is 4.74 Å². The summed E-state index contributed by atoms with van der Waals surface area (Å²) in [6.07, 6.45) is 3.04. The van der Waals surface area contributed by atoms with Crippen molar-refractivity contribution in [1.29, 1.82) is 0 Å². The molecule has 0 saturated carbocycles. The fraction of sp³-hybridized carbons (Fsp3) is 0.462. The first-order chi connectivity index (χ1) is 14.9. The van der Waals surface area contributed by atoms with E-state index in [0.29, 0.717) is 6.54 Å². The van der Waals surface area contributed by atoms with E-state index in [2.05, 4.69) is 43.9 Å². The number of benzene rings is 2. The van der Waals surface area contributed by atoms with E-state index in [0.717, 1.165) is 60.9 Å². The van der Waals surface area contributed by atoms with Gasteiger partial charge in [-0.3, -0.25) is 9.69 Å². The summed E-state index contributed by atoms with van der Waals surface area (Å²) in [5, 5.41) is 6.60. The predicted molar refractivity (Wildman–Crippen MR) is 124 cm³/mol. The van der Waals surface area contributed by atoms with Crippen molar-refractivity contribution in [2.24, 2.45) is 11.0 Å². The maximum absolute atomic E-state index is 13.4. The summed E-state index contributed by atoms with van der Waals surface area (Å²) in [4.78, 5) is 15.6. The number of likely N-dealkylation sites (tertiary alicyclic amines) is 1. The smallest absolute Gasteiger partial charge is 0.257 e. The second-order valence-corrected chi connectivity index (χ2v) is 9.06. The number of hydrogen-bond donors (Lipinski definition) is 0. The molecular formula is C26H33N3O2. The van der Waals surface area contributed by atoms with E-state index in [1.807, 2.05) is 24.3 Å². The zero-order valence-corrected chi connectivity index (χ0v) is 19.1. The number of aryl methyl sites for hydroxylation is 2. The Morgan fingerprint density at radius 2 is 1.81 bits per heavy atom. The van der Waals surface area contributed by atoms with Gasteiger partial charge in [-0.05, 0) is 69.0 Å². The van der Waals surface area contributed by atoms with Gasteiger partial charge in [-0.1, -0.05) is 42.8 Å². The van der Waals surface area contributed by atoms with E-state index in [-0.39, 0.29) is 11.9 Å². The van der Waals surface area contributed by atoms with Crippen LogP contribution in [0.1, 0.15) is 54.5 Å². The summed E-state index contributed by atoms with van der Waals surface area (Å²) in [7, 11) is 1.67. The zero-order chi connectivity index (χ0) is 22.0.